The zero-order valence-corrected chi connectivity index (χ0v) is 15.5. The zero-order chi connectivity index (χ0) is 18.8. The minimum absolute atomic E-state index is 0.845. The molecule has 0 aliphatic heterocycles. The Bertz CT molecular complexity index is 1190. The topological polar surface area (TPSA) is 49.7 Å². The standard InChI is InChI=1S/C23H21N5/c1-2-7-18(8-3-1)28(14-6-13-27-17-24-16-25-27)19-11-12-21-20-9-4-5-10-22(20)26-23(21)15-19/h1-5,7-12,15-17,26H,6,13-14H2. The highest BCUT2D eigenvalue weighted by molar-refractivity contribution is 6.08. The van der Waals surface area contributed by atoms with Crippen molar-refractivity contribution in [1.82, 2.24) is 19.7 Å². The number of aromatic amines is 1. The second-order valence-electron chi connectivity index (χ2n) is 6.90. The molecule has 2 heterocycles. The Hall–Kier alpha value is -3.60. The molecule has 3 aromatic carbocycles. The van der Waals surface area contributed by atoms with Crippen molar-refractivity contribution in [2.45, 2.75) is 13.0 Å². The molecule has 2 aromatic heterocycles. The van der Waals surface area contributed by atoms with Gasteiger partial charge < -0.3 is 9.88 Å². The first-order valence-corrected chi connectivity index (χ1v) is 9.54. The number of rotatable bonds is 6. The van der Waals surface area contributed by atoms with E-state index in [2.05, 4.69) is 92.8 Å². The monoisotopic (exact) mass is 367 g/mol. The Morgan fingerprint density at radius 3 is 2.50 bits per heavy atom. The molecular formula is C23H21N5. The van der Waals surface area contributed by atoms with Crippen molar-refractivity contribution in [2.24, 2.45) is 0 Å². The predicted octanol–water partition coefficient (Wildman–Crippen LogP) is 5.14. The van der Waals surface area contributed by atoms with Crippen LogP contribution in [-0.2, 0) is 6.54 Å². The Kier molecular flexibility index (Phi) is 4.26. The third kappa shape index (κ3) is 3.11. The van der Waals surface area contributed by atoms with Crippen LogP contribution in [0.3, 0.4) is 0 Å². The Balaban J connectivity index is 1.49. The lowest BCUT2D eigenvalue weighted by molar-refractivity contribution is 0.580. The van der Waals surface area contributed by atoms with E-state index >= 15 is 0 Å². The zero-order valence-electron chi connectivity index (χ0n) is 15.5. The number of aryl methyl sites for hydroxylation is 1. The van der Waals surface area contributed by atoms with Crippen LogP contribution >= 0.6 is 0 Å². The first-order chi connectivity index (χ1) is 13.9. The molecule has 0 radical (unpaired) electrons. The van der Waals surface area contributed by atoms with Crippen LogP contribution in [0, 0.1) is 0 Å². The quantitative estimate of drug-likeness (QED) is 0.452. The smallest absolute Gasteiger partial charge is 0.137 e. The molecule has 0 fully saturated rings. The molecule has 138 valence electrons. The Morgan fingerprint density at radius 2 is 1.64 bits per heavy atom. The number of aromatic nitrogens is 4. The summed E-state index contributed by atoms with van der Waals surface area (Å²) < 4.78 is 1.88. The number of anilines is 2. The van der Waals surface area contributed by atoms with Crippen LogP contribution in [0.15, 0.2) is 85.5 Å². The van der Waals surface area contributed by atoms with Gasteiger partial charge in [0.25, 0.3) is 0 Å². The van der Waals surface area contributed by atoms with Gasteiger partial charge in [-0.05, 0) is 36.8 Å². The van der Waals surface area contributed by atoms with E-state index in [1.165, 1.54) is 27.7 Å². The molecule has 0 amide bonds. The molecule has 0 spiro atoms. The summed E-state index contributed by atoms with van der Waals surface area (Å²) >= 11 is 0. The summed E-state index contributed by atoms with van der Waals surface area (Å²) in [5, 5.41) is 6.73. The number of H-pyrrole nitrogens is 1. The van der Waals surface area contributed by atoms with Crippen LogP contribution in [0.5, 0.6) is 0 Å². The average molecular weight is 367 g/mol. The van der Waals surface area contributed by atoms with Gasteiger partial charge in [0.2, 0.25) is 0 Å². The van der Waals surface area contributed by atoms with Gasteiger partial charge in [0.15, 0.2) is 0 Å². The Labute approximate surface area is 163 Å². The highest BCUT2D eigenvalue weighted by Gasteiger charge is 2.12. The predicted molar refractivity (Wildman–Crippen MR) is 114 cm³/mol. The van der Waals surface area contributed by atoms with E-state index in [9.17, 15) is 0 Å². The number of nitrogens with zero attached hydrogens (tertiary/aromatic N) is 4. The van der Waals surface area contributed by atoms with Crippen molar-refractivity contribution in [3.8, 4) is 0 Å². The number of hydrogen-bond donors (Lipinski definition) is 1. The van der Waals surface area contributed by atoms with Gasteiger partial charge in [-0.25, -0.2) is 4.98 Å². The van der Waals surface area contributed by atoms with Crippen molar-refractivity contribution in [1.29, 1.82) is 0 Å². The molecule has 0 aliphatic carbocycles. The molecule has 5 rings (SSSR count). The molecule has 0 atom stereocenters. The summed E-state index contributed by atoms with van der Waals surface area (Å²) in [6.07, 6.45) is 4.32. The molecule has 0 unspecified atom stereocenters. The van der Waals surface area contributed by atoms with Gasteiger partial charge in [-0.3, -0.25) is 4.68 Å². The number of benzene rings is 3. The number of hydrogen-bond acceptors (Lipinski definition) is 3. The van der Waals surface area contributed by atoms with E-state index in [0.29, 0.717) is 0 Å². The van der Waals surface area contributed by atoms with Crippen molar-refractivity contribution in [3.63, 3.8) is 0 Å². The molecule has 1 N–H and O–H groups in total. The number of para-hydroxylation sites is 2. The van der Waals surface area contributed by atoms with Crippen LogP contribution in [0.2, 0.25) is 0 Å². The minimum Gasteiger partial charge on any atom is -0.354 e. The number of nitrogens with one attached hydrogen (secondary N) is 1. The molecule has 0 saturated carbocycles. The molecule has 5 aromatic rings. The van der Waals surface area contributed by atoms with Gasteiger partial charge in [-0.1, -0.05) is 42.5 Å². The van der Waals surface area contributed by atoms with E-state index in [0.717, 1.165) is 25.0 Å². The second kappa shape index (κ2) is 7.19. The largest absolute Gasteiger partial charge is 0.354 e. The fourth-order valence-electron chi connectivity index (χ4n) is 3.76. The molecule has 5 nitrogen and oxygen atoms in total. The summed E-state index contributed by atoms with van der Waals surface area (Å²) in [5.41, 5.74) is 4.71. The minimum atomic E-state index is 0.845. The van der Waals surface area contributed by atoms with E-state index in [-0.39, 0.29) is 0 Å². The van der Waals surface area contributed by atoms with Gasteiger partial charge >= 0.3 is 0 Å². The SMILES string of the molecule is c1ccc(N(CCCn2cncn2)c2ccc3c(c2)[nH]c2ccccc23)cc1. The van der Waals surface area contributed by atoms with Gasteiger partial charge in [0.1, 0.15) is 12.7 Å². The van der Waals surface area contributed by atoms with Crippen molar-refractivity contribution < 1.29 is 0 Å². The molecule has 0 saturated heterocycles. The fraction of sp³-hybridized carbons (Fsp3) is 0.130. The lowest BCUT2D eigenvalue weighted by Gasteiger charge is -2.25. The van der Waals surface area contributed by atoms with Gasteiger partial charge in [0, 0.05) is 46.3 Å². The second-order valence-corrected chi connectivity index (χ2v) is 6.90. The van der Waals surface area contributed by atoms with Crippen LogP contribution in [0.4, 0.5) is 11.4 Å². The first kappa shape index (κ1) is 16.6. The van der Waals surface area contributed by atoms with E-state index in [4.69, 9.17) is 0 Å². The molecular weight excluding hydrogens is 346 g/mol. The van der Waals surface area contributed by atoms with E-state index in [1.807, 2.05) is 4.68 Å². The summed E-state index contributed by atoms with van der Waals surface area (Å²) in [4.78, 5) is 9.94. The van der Waals surface area contributed by atoms with Crippen molar-refractivity contribution >= 4 is 33.2 Å². The van der Waals surface area contributed by atoms with Gasteiger partial charge in [0.05, 0.1) is 0 Å². The highest BCUT2D eigenvalue weighted by Crippen LogP contribution is 2.32. The summed E-state index contributed by atoms with van der Waals surface area (Å²) in [6, 6.07) is 25.7. The molecule has 28 heavy (non-hydrogen) atoms. The first-order valence-electron chi connectivity index (χ1n) is 9.54. The normalized spacial score (nSPS) is 11.3. The summed E-state index contributed by atoms with van der Waals surface area (Å²) in [6.45, 7) is 1.74. The lowest BCUT2D eigenvalue weighted by atomic mass is 10.1. The van der Waals surface area contributed by atoms with Crippen molar-refractivity contribution in [3.05, 3.63) is 85.5 Å². The maximum Gasteiger partial charge on any atom is 0.137 e. The van der Waals surface area contributed by atoms with E-state index in [1.54, 1.807) is 12.7 Å². The summed E-state index contributed by atoms with van der Waals surface area (Å²) in [5.74, 6) is 0. The Morgan fingerprint density at radius 1 is 0.821 bits per heavy atom. The number of fused-ring (bicyclic) bond motifs is 3. The van der Waals surface area contributed by atoms with Gasteiger partial charge in [-0.2, -0.15) is 5.10 Å². The van der Waals surface area contributed by atoms with Crippen LogP contribution in [0.1, 0.15) is 6.42 Å². The van der Waals surface area contributed by atoms with E-state index < -0.39 is 0 Å². The van der Waals surface area contributed by atoms with Gasteiger partial charge in [-0.15, -0.1) is 0 Å². The van der Waals surface area contributed by atoms with Crippen LogP contribution < -0.4 is 4.90 Å². The molecule has 5 heteroatoms. The highest BCUT2D eigenvalue weighted by atomic mass is 15.3. The third-order valence-corrected chi connectivity index (χ3v) is 5.10. The molecule has 0 aliphatic rings. The molecule has 0 bridgehead atoms. The maximum absolute atomic E-state index is 4.21. The summed E-state index contributed by atoms with van der Waals surface area (Å²) in [7, 11) is 0. The van der Waals surface area contributed by atoms with Crippen LogP contribution in [-0.4, -0.2) is 26.3 Å². The maximum atomic E-state index is 4.21. The fourth-order valence-corrected chi connectivity index (χ4v) is 3.76. The lowest BCUT2D eigenvalue weighted by Crippen LogP contribution is -2.20. The third-order valence-electron chi connectivity index (χ3n) is 5.10. The van der Waals surface area contributed by atoms with Crippen molar-refractivity contribution in [2.75, 3.05) is 11.4 Å². The average Bonchev–Trinajstić information content (AvgIpc) is 3.39. The van der Waals surface area contributed by atoms with Crippen LogP contribution in [0.25, 0.3) is 21.8 Å².